The average Bonchev–Trinajstić information content (AvgIpc) is 2.68. The molecular formula is C15H20BrClN2O. The molecule has 1 amide bonds. The van der Waals surface area contributed by atoms with Gasteiger partial charge in [-0.3, -0.25) is 4.79 Å². The minimum Gasteiger partial charge on any atom is -0.329 e. The molecule has 0 unspecified atom stereocenters. The zero-order valence-electron chi connectivity index (χ0n) is 11.4. The van der Waals surface area contributed by atoms with Crippen LogP contribution in [0.1, 0.15) is 38.5 Å². The molecule has 0 aromatic heterocycles. The van der Waals surface area contributed by atoms with E-state index >= 15 is 0 Å². The van der Waals surface area contributed by atoms with Crippen LogP contribution in [0.15, 0.2) is 22.7 Å². The third-order valence-corrected chi connectivity index (χ3v) is 4.92. The molecule has 3 N–H and O–H groups in total. The maximum Gasteiger partial charge on any atom is 0.231 e. The van der Waals surface area contributed by atoms with E-state index in [4.69, 9.17) is 17.3 Å². The highest BCUT2D eigenvalue weighted by molar-refractivity contribution is 9.10. The molecule has 0 spiro atoms. The van der Waals surface area contributed by atoms with E-state index in [0.717, 1.165) is 30.2 Å². The van der Waals surface area contributed by atoms with Crippen LogP contribution in [0.2, 0.25) is 5.02 Å². The summed E-state index contributed by atoms with van der Waals surface area (Å²) in [4.78, 5) is 12.6. The number of carbonyl (C=O) groups excluding carboxylic acids is 1. The standard InChI is InChI=1S/C15H20BrClN2O/c16-11-5-6-13(12(17)9-11)19-14(20)15(10-18)7-3-1-2-4-8-15/h5-6,9H,1-4,7-8,10,18H2,(H,19,20). The van der Waals surface area contributed by atoms with Crippen molar-refractivity contribution in [2.45, 2.75) is 38.5 Å². The molecular weight excluding hydrogens is 340 g/mol. The van der Waals surface area contributed by atoms with Gasteiger partial charge >= 0.3 is 0 Å². The van der Waals surface area contributed by atoms with E-state index in [0.29, 0.717) is 17.3 Å². The first-order chi connectivity index (χ1) is 9.57. The summed E-state index contributed by atoms with van der Waals surface area (Å²) >= 11 is 9.51. The number of halogens is 2. The molecule has 0 heterocycles. The Morgan fingerprint density at radius 2 is 1.95 bits per heavy atom. The summed E-state index contributed by atoms with van der Waals surface area (Å²) < 4.78 is 0.892. The maximum absolute atomic E-state index is 12.6. The molecule has 0 bridgehead atoms. The smallest absolute Gasteiger partial charge is 0.231 e. The second-order valence-electron chi connectivity index (χ2n) is 5.48. The molecule has 0 atom stereocenters. The van der Waals surface area contributed by atoms with Crippen LogP contribution in [0, 0.1) is 5.41 Å². The van der Waals surface area contributed by atoms with Crippen LogP contribution in [0.25, 0.3) is 0 Å². The van der Waals surface area contributed by atoms with E-state index in [1.54, 1.807) is 6.07 Å². The van der Waals surface area contributed by atoms with E-state index in [2.05, 4.69) is 21.2 Å². The van der Waals surface area contributed by atoms with Gasteiger partial charge in [-0.15, -0.1) is 0 Å². The molecule has 1 aromatic rings. The number of hydrogen-bond donors (Lipinski definition) is 2. The number of amides is 1. The molecule has 3 nitrogen and oxygen atoms in total. The minimum atomic E-state index is -0.438. The Bertz CT molecular complexity index is 485. The second kappa shape index (κ2) is 6.92. The van der Waals surface area contributed by atoms with Gasteiger partial charge in [-0.1, -0.05) is 53.2 Å². The van der Waals surface area contributed by atoms with Crippen molar-refractivity contribution in [1.82, 2.24) is 0 Å². The second-order valence-corrected chi connectivity index (χ2v) is 6.80. The van der Waals surface area contributed by atoms with Crippen molar-refractivity contribution in [2.24, 2.45) is 11.1 Å². The first-order valence-electron chi connectivity index (χ1n) is 7.04. The Morgan fingerprint density at radius 1 is 1.30 bits per heavy atom. The normalized spacial score (nSPS) is 18.4. The highest BCUT2D eigenvalue weighted by Gasteiger charge is 2.37. The van der Waals surface area contributed by atoms with Gasteiger partial charge in [0.05, 0.1) is 16.1 Å². The molecule has 1 fully saturated rings. The Balaban J connectivity index is 2.16. The number of hydrogen-bond acceptors (Lipinski definition) is 2. The van der Waals surface area contributed by atoms with E-state index in [1.165, 1.54) is 12.8 Å². The molecule has 1 aromatic carbocycles. The van der Waals surface area contributed by atoms with Crippen molar-refractivity contribution in [2.75, 3.05) is 11.9 Å². The fraction of sp³-hybridized carbons (Fsp3) is 0.533. The topological polar surface area (TPSA) is 55.1 Å². The van der Waals surface area contributed by atoms with E-state index in [-0.39, 0.29) is 5.91 Å². The lowest BCUT2D eigenvalue weighted by atomic mass is 9.79. The van der Waals surface area contributed by atoms with Crippen molar-refractivity contribution in [3.05, 3.63) is 27.7 Å². The SMILES string of the molecule is NCC1(C(=O)Nc2ccc(Br)cc2Cl)CCCCCC1. The number of nitrogens with one attached hydrogen (secondary N) is 1. The van der Waals surface area contributed by atoms with E-state index in [9.17, 15) is 4.79 Å². The number of nitrogens with two attached hydrogens (primary N) is 1. The van der Waals surface area contributed by atoms with Crippen LogP contribution >= 0.6 is 27.5 Å². The van der Waals surface area contributed by atoms with Crippen LogP contribution < -0.4 is 11.1 Å². The molecule has 2 rings (SSSR count). The highest BCUT2D eigenvalue weighted by atomic mass is 79.9. The van der Waals surface area contributed by atoms with Crippen molar-refractivity contribution >= 4 is 39.1 Å². The van der Waals surface area contributed by atoms with Crippen LogP contribution in [0.3, 0.4) is 0 Å². The van der Waals surface area contributed by atoms with Crippen LogP contribution in [-0.4, -0.2) is 12.5 Å². The zero-order chi connectivity index (χ0) is 14.6. The molecule has 0 aliphatic heterocycles. The molecule has 1 aliphatic carbocycles. The minimum absolute atomic E-state index is 0.00567. The summed E-state index contributed by atoms with van der Waals surface area (Å²) in [5.74, 6) is 0.00567. The van der Waals surface area contributed by atoms with Gasteiger partial charge in [0.25, 0.3) is 0 Å². The van der Waals surface area contributed by atoms with Gasteiger partial charge in [0, 0.05) is 11.0 Å². The Morgan fingerprint density at radius 3 is 2.50 bits per heavy atom. The third-order valence-electron chi connectivity index (χ3n) is 4.11. The number of benzene rings is 1. The van der Waals surface area contributed by atoms with Gasteiger partial charge in [0.15, 0.2) is 0 Å². The quantitative estimate of drug-likeness (QED) is 0.789. The largest absolute Gasteiger partial charge is 0.329 e. The summed E-state index contributed by atoms with van der Waals surface area (Å²) in [6, 6.07) is 5.45. The molecule has 110 valence electrons. The van der Waals surface area contributed by atoms with Gasteiger partial charge in [0.2, 0.25) is 5.91 Å². The van der Waals surface area contributed by atoms with Gasteiger partial charge in [-0.2, -0.15) is 0 Å². The maximum atomic E-state index is 12.6. The Kier molecular flexibility index (Phi) is 5.47. The summed E-state index contributed by atoms with van der Waals surface area (Å²) in [6.07, 6.45) is 6.24. The zero-order valence-corrected chi connectivity index (χ0v) is 13.8. The lowest BCUT2D eigenvalue weighted by Crippen LogP contribution is -2.42. The lowest BCUT2D eigenvalue weighted by Gasteiger charge is -2.30. The van der Waals surface area contributed by atoms with Crippen molar-refractivity contribution in [1.29, 1.82) is 0 Å². The van der Waals surface area contributed by atoms with Crippen LogP contribution in [-0.2, 0) is 4.79 Å². The molecule has 0 radical (unpaired) electrons. The molecule has 5 heteroatoms. The molecule has 0 saturated heterocycles. The van der Waals surface area contributed by atoms with Gasteiger partial charge in [-0.05, 0) is 31.0 Å². The predicted octanol–water partition coefficient (Wildman–Crippen LogP) is 4.34. The summed E-state index contributed by atoms with van der Waals surface area (Å²) in [5, 5.41) is 3.49. The first kappa shape index (κ1) is 15.8. The summed E-state index contributed by atoms with van der Waals surface area (Å²) in [6.45, 7) is 0.396. The monoisotopic (exact) mass is 358 g/mol. The third kappa shape index (κ3) is 3.54. The summed E-state index contributed by atoms with van der Waals surface area (Å²) in [5.41, 5.74) is 6.14. The number of anilines is 1. The Hall–Kier alpha value is -0.580. The van der Waals surface area contributed by atoms with Crippen LogP contribution in [0.4, 0.5) is 5.69 Å². The number of rotatable bonds is 3. The molecule has 1 aliphatic rings. The molecule has 1 saturated carbocycles. The van der Waals surface area contributed by atoms with Crippen molar-refractivity contribution in [3.8, 4) is 0 Å². The highest BCUT2D eigenvalue weighted by Crippen LogP contribution is 2.36. The van der Waals surface area contributed by atoms with Crippen molar-refractivity contribution < 1.29 is 4.79 Å². The fourth-order valence-electron chi connectivity index (χ4n) is 2.77. The van der Waals surface area contributed by atoms with Gasteiger partial charge in [-0.25, -0.2) is 0 Å². The Labute approximate surface area is 133 Å². The van der Waals surface area contributed by atoms with Gasteiger partial charge in [0.1, 0.15) is 0 Å². The van der Waals surface area contributed by atoms with Crippen LogP contribution in [0.5, 0.6) is 0 Å². The van der Waals surface area contributed by atoms with Crippen molar-refractivity contribution in [3.63, 3.8) is 0 Å². The lowest BCUT2D eigenvalue weighted by molar-refractivity contribution is -0.125. The average molecular weight is 360 g/mol. The van der Waals surface area contributed by atoms with E-state index < -0.39 is 5.41 Å². The van der Waals surface area contributed by atoms with Gasteiger partial charge < -0.3 is 11.1 Å². The summed E-state index contributed by atoms with van der Waals surface area (Å²) in [7, 11) is 0. The molecule has 20 heavy (non-hydrogen) atoms. The first-order valence-corrected chi connectivity index (χ1v) is 8.21. The fourth-order valence-corrected chi connectivity index (χ4v) is 3.50. The van der Waals surface area contributed by atoms with E-state index in [1.807, 2.05) is 12.1 Å². The number of carbonyl (C=O) groups is 1. The predicted molar refractivity (Wildman–Crippen MR) is 87.0 cm³/mol.